The molecule has 0 aliphatic carbocycles. The first-order valence-corrected chi connectivity index (χ1v) is 12.6. The number of nitrogens with zero attached hydrogens (tertiary/aromatic N) is 2. The predicted octanol–water partition coefficient (Wildman–Crippen LogP) is 6.03. The van der Waals surface area contributed by atoms with Crippen molar-refractivity contribution in [2.45, 2.75) is 55.4 Å². The molecular formula is C21H25ClN2O2S2. The molecule has 0 spiro atoms. The number of pyridine rings is 1. The molecule has 1 aliphatic rings. The fourth-order valence-electron chi connectivity index (χ4n) is 3.76. The van der Waals surface area contributed by atoms with Crippen LogP contribution in [-0.4, -0.2) is 24.2 Å². The van der Waals surface area contributed by atoms with Crippen LogP contribution < -0.4 is 0 Å². The molecule has 0 aromatic carbocycles. The molecule has 0 saturated heterocycles. The highest BCUT2D eigenvalue weighted by Crippen LogP contribution is 2.45. The maximum atomic E-state index is 12.5. The second-order valence-corrected chi connectivity index (χ2v) is 10.2. The Balaban J connectivity index is 2.18. The van der Waals surface area contributed by atoms with E-state index >= 15 is 0 Å². The topological polar surface area (TPSA) is 52.0 Å². The summed E-state index contributed by atoms with van der Waals surface area (Å²) in [6, 6.07) is 1.61. The van der Waals surface area contributed by atoms with Crippen molar-refractivity contribution in [3.05, 3.63) is 52.7 Å². The molecule has 1 unspecified atom stereocenters. The van der Waals surface area contributed by atoms with E-state index in [1.54, 1.807) is 24.0 Å². The fourth-order valence-corrected chi connectivity index (χ4v) is 5.91. The Labute approximate surface area is 176 Å². The zero-order valence-corrected chi connectivity index (χ0v) is 18.7. The van der Waals surface area contributed by atoms with E-state index < -0.39 is 9.84 Å². The lowest BCUT2D eigenvalue weighted by Gasteiger charge is -2.25. The van der Waals surface area contributed by atoms with Crippen LogP contribution in [0.25, 0.3) is 11.0 Å². The molecule has 0 radical (unpaired) electrons. The Morgan fingerprint density at radius 3 is 2.93 bits per heavy atom. The van der Waals surface area contributed by atoms with Crippen molar-refractivity contribution in [2.24, 2.45) is 0 Å². The number of aromatic nitrogens is 2. The summed E-state index contributed by atoms with van der Waals surface area (Å²) in [6.45, 7) is 4.98. The number of allylic oxidation sites excluding steroid dienone is 5. The van der Waals surface area contributed by atoms with Gasteiger partial charge in [-0.2, -0.15) is 0 Å². The lowest BCUT2D eigenvalue weighted by Crippen LogP contribution is -2.15. The Hall–Kier alpha value is -1.50. The maximum Gasteiger partial charge on any atom is 0.176 e. The van der Waals surface area contributed by atoms with Gasteiger partial charge < -0.3 is 4.57 Å². The Bertz CT molecular complexity index is 1070. The Morgan fingerprint density at radius 1 is 1.46 bits per heavy atom. The highest BCUT2D eigenvalue weighted by Gasteiger charge is 2.30. The van der Waals surface area contributed by atoms with Gasteiger partial charge in [-0.3, -0.25) is 0 Å². The van der Waals surface area contributed by atoms with Crippen molar-refractivity contribution in [1.29, 1.82) is 0 Å². The lowest BCUT2D eigenvalue weighted by molar-refractivity contribution is 0.445. The van der Waals surface area contributed by atoms with Gasteiger partial charge in [-0.1, -0.05) is 42.4 Å². The van der Waals surface area contributed by atoms with Crippen LogP contribution in [-0.2, 0) is 16.4 Å². The number of thioether (sulfide) groups is 1. The first-order chi connectivity index (χ1) is 13.4. The largest absolute Gasteiger partial charge is 0.328 e. The van der Waals surface area contributed by atoms with Crippen molar-refractivity contribution in [3.63, 3.8) is 0 Å². The number of rotatable bonds is 6. The summed E-state index contributed by atoms with van der Waals surface area (Å²) < 4.78 is 27.1. The average molecular weight is 437 g/mol. The van der Waals surface area contributed by atoms with Crippen molar-refractivity contribution >= 4 is 44.2 Å². The van der Waals surface area contributed by atoms with E-state index in [0.717, 1.165) is 41.7 Å². The summed E-state index contributed by atoms with van der Waals surface area (Å²) in [5, 5.41) is 3.36. The molecule has 0 saturated carbocycles. The van der Waals surface area contributed by atoms with Crippen LogP contribution in [0.5, 0.6) is 0 Å². The van der Waals surface area contributed by atoms with Gasteiger partial charge in [0.1, 0.15) is 5.65 Å². The SMILES string of the molecule is C\C=C/C(Cl)=C\C=C\Sc1c2n(c3nccc(S(C)(=O)=O)c13)CCCC2CC. The molecule has 4 nitrogen and oxygen atoms in total. The molecule has 150 valence electrons. The smallest absolute Gasteiger partial charge is 0.176 e. The van der Waals surface area contributed by atoms with E-state index in [1.807, 2.05) is 36.6 Å². The summed E-state index contributed by atoms with van der Waals surface area (Å²) in [5.41, 5.74) is 1.99. The molecule has 7 heteroatoms. The number of sulfone groups is 1. The van der Waals surface area contributed by atoms with Crippen LogP contribution in [0.1, 0.15) is 44.7 Å². The Morgan fingerprint density at radius 2 is 2.25 bits per heavy atom. The normalized spacial score (nSPS) is 18.4. The second kappa shape index (κ2) is 8.89. The summed E-state index contributed by atoms with van der Waals surface area (Å²) in [4.78, 5) is 5.91. The van der Waals surface area contributed by atoms with Crippen LogP contribution in [0.15, 0.2) is 56.8 Å². The third kappa shape index (κ3) is 4.24. The first kappa shape index (κ1) is 21.2. The van der Waals surface area contributed by atoms with Crippen LogP contribution in [0.4, 0.5) is 0 Å². The third-order valence-electron chi connectivity index (χ3n) is 4.96. The van der Waals surface area contributed by atoms with Gasteiger partial charge in [0.2, 0.25) is 0 Å². The van der Waals surface area contributed by atoms with Gasteiger partial charge in [-0.25, -0.2) is 13.4 Å². The minimum Gasteiger partial charge on any atom is -0.328 e. The highest BCUT2D eigenvalue weighted by molar-refractivity contribution is 8.02. The summed E-state index contributed by atoms with van der Waals surface area (Å²) >= 11 is 7.65. The van der Waals surface area contributed by atoms with Gasteiger partial charge in [-0.15, -0.1) is 0 Å². The molecule has 2 aromatic heterocycles. The van der Waals surface area contributed by atoms with E-state index in [0.29, 0.717) is 15.8 Å². The van der Waals surface area contributed by atoms with Gasteiger partial charge in [0.25, 0.3) is 0 Å². The molecule has 1 atom stereocenters. The van der Waals surface area contributed by atoms with Crippen LogP contribution >= 0.6 is 23.4 Å². The molecule has 3 heterocycles. The minimum atomic E-state index is -3.36. The molecule has 1 aliphatic heterocycles. The zero-order valence-electron chi connectivity index (χ0n) is 16.4. The predicted molar refractivity (Wildman–Crippen MR) is 119 cm³/mol. The van der Waals surface area contributed by atoms with E-state index in [9.17, 15) is 8.42 Å². The van der Waals surface area contributed by atoms with Crippen LogP contribution in [0, 0.1) is 0 Å². The van der Waals surface area contributed by atoms with Gasteiger partial charge >= 0.3 is 0 Å². The molecule has 2 aromatic rings. The van der Waals surface area contributed by atoms with Crippen LogP contribution in [0.2, 0.25) is 0 Å². The van der Waals surface area contributed by atoms with Gasteiger partial charge in [-0.05, 0) is 49.8 Å². The average Bonchev–Trinajstić information content (AvgIpc) is 2.98. The molecule has 0 bridgehead atoms. The Kier molecular flexibility index (Phi) is 6.73. The summed E-state index contributed by atoms with van der Waals surface area (Å²) in [6.07, 6.45) is 13.5. The van der Waals surface area contributed by atoms with Crippen molar-refractivity contribution in [1.82, 2.24) is 9.55 Å². The molecule has 0 fully saturated rings. The van der Waals surface area contributed by atoms with E-state index in [2.05, 4.69) is 16.5 Å². The van der Waals surface area contributed by atoms with Gasteiger partial charge in [0.15, 0.2) is 9.84 Å². The number of halogens is 1. The third-order valence-corrected chi connectivity index (χ3v) is 7.29. The van der Waals surface area contributed by atoms with Crippen molar-refractivity contribution in [3.8, 4) is 0 Å². The van der Waals surface area contributed by atoms with Crippen molar-refractivity contribution in [2.75, 3.05) is 6.26 Å². The molecule has 0 amide bonds. The van der Waals surface area contributed by atoms with E-state index in [4.69, 9.17) is 11.6 Å². The standard InChI is InChI=1S/C21H25ClN2O2S2/c1-4-8-16(22)10-7-14-27-20-18-17(28(3,25)26)11-12-23-21(18)24-13-6-9-15(5-2)19(20)24/h4,7-8,10-12,14-15H,5-6,9,13H2,1-3H3/b8-4-,14-7+,16-10+. The number of hydrogen-bond acceptors (Lipinski definition) is 4. The monoisotopic (exact) mass is 436 g/mol. The second-order valence-electron chi connectivity index (χ2n) is 6.89. The number of fused-ring (bicyclic) bond motifs is 3. The van der Waals surface area contributed by atoms with E-state index in [1.165, 1.54) is 11.9 Å². The minimum absolute atomic E-state index is 0.354. The summed E-state index contributed by atoms with van der Waals surface area (Å²) in [5.74, 6) is 0.411. The number of aryl methyl sites for hydroxylation is 1. The first-order valence-electron chi connectivity index (χ1n) is 9.41. The molecule has 28 heavy (non-hydrogen) atoms. The van der Waals surface area contributed by atoms with Crippen LogP contribution in [0.3, 0.4) is 0 Å². The van der Waals surface area contributed by atoms with E-state index in [-0.39, 0.29) is 0 Å². The van der Waals surface area contributed by atoms with Crippen molar-refractivity contribution < 1.29 is 8.42 Å². The maximum absolute atomic E-state index is 12.5. The quantitative estimate of drug-likeness (QED) is 0.409. The van der Waals surface area contributed by atoms with Gasteiger partial charge in [0, 0.05) is 40.5 Å². The van der Waals surface area contributed by atoms with Gasteiger partial charge in [0.05, 0.1) is 10.3 Å². The molecular weight excluding hydrogens is 412 g/mol. The summed E-state index contributed by atoms with van der Waals surface area (Å²) in [7, 11) is -3.36. The fraction of sp³-hybridized carbons (Fsp3) is 0.381. The highest BCUT2D eigenvalue weighted by atomic mass is 35.5. The number of hydrogen-bond donors (Lipinski definition) is 0. The lowest BCUT2D eigenvalue weighted by atomic mass is 9.93. The molecule has 3 rings (SSSR count). The zero-order chi connectivity index (χ0) is 20.3. The molecule has 0 N–H and O–H groups in total.